The zero-order chi connectivity index (χ0) is 28.3. The number of rotatable bonds is 9. The van der Waals surface area contributed by atoms with Crippen LogP contribution in [0.1, 0.15) is 94.9 Å². The highest BCUT2D eigenvalue weighted by Crippen LogP contribution is 2.49. The number of nitrogens with zero attached hydrogens (tertiary/aromatic N) is 6. The maximum Gasteiger partial charge on any atom is 0.208 e. The van der Waals surface area contributed by atoms with E-state index in [2.05, 4.69) is 61.5 Å². The normalized spacial score (nSPS) is 23.0. The Morgan fingerprint density at radius 1 is 1.26 bits per heavy atom. The van der Waals surface area contributed by atoms with E-state index in [0.717, 1.165) is 61.2 Å². The van der Waals surface area contributed by atoms with Gasteiger partial charge in [-0.15, -0.1) is 9.89 Å². The summed E-state index contributed by atoms with van der Waals surface area (Å²) in [6, 6.07) is 4.46. The lowest BCUT2D eigenvalue weighted by molar-refractivity contribution is 0.280. The molecule has 11 heteroatoms. The summed E-state index contributed by atoms with van der Waals surface area (Å²) in [5.41, 5.74) is 6.11. The van der Waals surface area contributed by atoms with Crippen LogP contribution in [0.25, 0.3) is 0 Å². The molecule has 1 fully saturated rings. The van der Waals surface area contributed by atoms with Gasteiger partial charge in [0.25, 0.3) is 0 Å². The van der Waals surface area contributed by atoms with E-state index in [-0.39, 0.29) is 30.0 Å². The predicted octanol–water partition coefficient (Wildman–Crippen LogP) is 3.85. The molecule has 0 radical (unpaired) electrons. The number of aryl methyl sites for hydroxylation is 1. The smallest absolute Gasteiger partial charge is 0.208 e. The molecule has 0 amide bonds. The van der Waals surface area contributed by atoms with Crippen LogP contribution < -0.4 is 9.62 Å². The van der Waals surface area contributed by atoms with E-state index in [1.165, 1.54) is 11.3 Å². The summed E-state index contributed by atoms with van der Waals surface area (Å²) in [4.78, 5) is 14.0. The minimum atomic E-state index is -3.31. The summed E-state index contributed by atoms with van der Waals surface area (Å²) < 4.78 is 25.7. The van der Waals surface area contributed by atoms with E-state index >= 15 is 0 Å². The second kappa shape index (κ2) is 9.78. The second-order valence-electron chi connectivity index (χ2n) is 12.5. The molecular weight excluding hydrogens is 514 g/mol. The largest absolute Gasteiger partial charge is 0.396 e. The van der Waals surface area contributed by atoms with Crippen molar-refractivity contribution >= 4 is 32.8 Å². The van der Waals surface area contributed by atoms with E-state index in [1.807, 2.05) is 6.92 Å². The Hall–Kier alpha value is -2.63. The molecule has 5 rings (SSSR count). The molecule has 212 valence electrons. The highest BCUT2D eigenvalue weighted by Gasteiger charge is 2.48. The first-order chi connectivity index (χ1) is 18.2. The summed E-state index contributed by atoms with van der Waals surface area (Å²) in [5, 5.41) is 18.9. The van der Waals surface area contributed by atoms with Gasteiger partial charge < -0.3 is 10.0 Å². The average molecular weight is 556 g/mol. The molecule has 2 N–H and O–H groups in total. The number of aromatic nitrogens is 3. The van der Waals surface area contributed by atoms with Crippen LogP contribution in [-0.2, 0) is 10.0 Å². The van der Waals surface area contributed by atoms with Crippen LogP contribution in [0.2, 0.25) is 0 Å². The fourth-order valence-corrected chi connectivity index (χ4v) is 6.36. The van der Waals surface area contributed by atoms with Gasteiger partial charge >= 0.3 is 0 Å². The molecule has 0 spiro atoms. The number of hydrogen-bond donors (Lipinski definition) is 2. The number of fused-ring (bicyclic) bond motifs is 2. The molecule has 2 aliphatic heterocycles. The maximum atomic E-state index is 11.6. The van der Waals surface area contributed by atoms with Crippen LogP contribution in [0.3, 0.4) is 0 Å². The van der Waals surface area contributed by atoms with E-state index in [1.54, 1.807) is 4.79 Å². The first-order valence-corrected chi connectivity index (χ1v) is 15.7. The molecule has 2 aromatic rings. The Morgan fingerprint density at radius 2 is 1.97 bits per heavy atom. The fraction of sp³-hybridized carbons (Fsp3) is 0.643. The van der Waals surface area contributed by atoms with Crippen molar-refractivity contribution in [3.8, 4) is 0 Å². The van der Waals surface area contributed by atoms with Crippen molar-refractivity contribution in [2.24, 2.45) is 15.5 Å². The molecule has 1 aromatic heterocycles. The Kier molecular flexibility index (Phi) is 7.00. The van der Waals surface area contributed by atoms with Crippen LogP contribution in [0, 0.1) is 12.3 Å². The summed E-state index contributed by atoms with van der Waals surface area (Å²) in [5.74, 6) is 1.30. The monoisotopic (exact) mass is 555 g/mol. The number of sulfonamides is 1. The standard InChI is InChI=1S/C28H41N7O3S/c1-17-13-22-20(18(2)15-27(4,5)34(22)11-8-12-36)14-21(17)30-23-24(28(6)9-10-28)32-35-26(23)31-25(33-35)19(3)16-29-39(7,37)38/h13-14,18-19,29,36H,8-12,15-16H2,1-7H3. The van der Waals surface area contributed by atoms with Crippen molar-refractivity contribution < 1.29 is 13.5 Å². The number of anilines is 1. The third kappa shape index (κ3) is 5.40. The highest BCUT2D eigenvalue weighted by molar-refractivity contribution is 7.88. The topological polar surface area (TPSA) is 125 Å². The van der Waals surface area contributed by atoms with Gasteiger partial charge in [0.1, 0.15) is 5.71 Å². The van der Waals surface area contributed by atoms with Gasteiger partial charge in [0.2, 0.25) is 15.8 Å². The summed E-state index contributed by atoms with van der Waals surface area (Å²) in [7, 11) is -3.31. The Balaban J connectivity index is 1.54. The fourth-order valence-electron chi connectivity index (χ4n) is 5.81. The van der Waals surface area contributed by atoms with Crippen LogP contribution >= 0.6 is 0 Å². The SMILES string of the molecule is Cc1cc2c(cc1N=C1C(C3(C)CC3)=Nn3nc(C(C)CNS(C)(=O)=O)nc31)C(C)CC(C)(C)N2CCCO. The molecule has 1 aromatic carbocycles. The van der Waals surface area contributed by atoms with Gasteiger partial charge in [-0.1, -0.05) is 20.8 Å². The minimum Gasteiger partial charge on any atom is -0.396 e. The van der Waals surface area contributed by atoms with Crippen molar-refractivity contribution in [2.75, 3.05) is 30.9 Å². The first-order valence-electron chi connectivity index (χ1n) is 13.9. The predicted molar refractivity (Wildman–Crippen MR) is 155 cm³/mol. The number of hydrogen-bond acceptors (Lipinski definition) is 8. The number of benzene rings is 1. The molecular formula is C28H41N7O3S. The molecule has 3 aliphatic rings. The number of aliphatic imine (C=N–C) groups is 1. The van der Waals surface area contributed by atoms with Gasteiger partial charge in [0.15, 0.2) is 5.82 Å². The Morgan fingerprint density at radius 3 is 2.62 bits per heavy atom. The summed E-state index contributed by atoms with van der Waals surface area (Å²) in [6.45, 7) is 14.2. The van der Waals surface area contributed by atoms with Crippen LogP contribution in [0.5, 0.6) is 0 Å². The van der Waals surface area contributed by atoms with E-state index in [0.29, 0.717) is 17.6 Å². The van der Waals surface area contributed by atoms with Gasteiger partial charge in [-0.25, -0.2) is 23.1 Å². The first kappa shape index (κ1) is 27.9. The minimum absolute atomic E-state index is 0.00274. The lowest BCUT2D eigenvalue weighted by Gasteiger charge is -2.48. The third-order valence-corrected chi connectivity index (χ3v) is 9.07. The second-order valence-corrected chi connectivity index (χ2v) is 14.4. The van der Waals surface area contributed by atoms with Crippen LogP contribution in [-0.4, -0.2) is 71.3 Å². The lowest BCUT2D eigenvalue weighted by Crippen LogP contribution is -2.49. The molecule has 1 saturated carbocycles. The number of nitrogens with one attached hydrogen (secondary N) is 1. The van der Waals surface area contributed by atoms with Crippen LogP contribution in [0.15, 0.2) is 22.2 Å². The molecule has 0 saturated heterocycles. The Labute approximate surface area is 231 Å². The van der Waals surface area contributed by atoms with Crippen molar-refractivity contribution in [1.82, 2.24) is 19.6 Å². The maximum absolute atomic E-state index is 11.6. The van der Waals surface area contributed by atoms with Gasteiger partial charge in [-0.2, -0.15) is 5.10 Å². The molecule has 10 nitrogen and oxygen atoms in total. The van der Waals surface area contributed by atoms with Crippen molar-refractivity contribution in [1.29, 1.82) is 0 Å². The zero-order valence-corrected chi connectivity index (χ0v) is 24.9. The summed E-state index contributed by atoms with van der Waals surface area (Å²) >= 11 is 0. The van der Waals surface area contributed by atoms with Crippen molar-refractivity contribution in [3.63, 3.8) is 0 Å². The van der Waals surface area contributed by atoms with E-state index in [4.69, 9.17) is 15.1 Å². The molecule has 2 atom stereocenters. The number of aliphatic hydroxyl groups excluding tert-OH is 1. The molecule has 39 heavy (non-hydrogen) atoms. The van der Waals surface area contributed by atoms with Crippen molar-refractivity contribution in [3.05, 3.63) is 34.9 Å². The Bertz CT molecular complexity index is 1450. The lowest BCUT2D eigenvalue weighted by atomic mass is 9.79. The quantitative estimate of drug-likeness (QED) is 0.484. The van der Waals surface area contributed by atoms with Gasteiger partial charge in [-0.05, 0) is 75.6 Å². The van der Waals surface area contributed by atoms with Gasteiger partial charge in [0.05, 0.1) is 17.7 Å². The van der Waals surface area contributed by atoms with Crippen molar-refractivity contribution in [2.45, 2.75) is 84.6 Å². The summed E-state index contributed by atoms with van der Waals surface area (Å²) in [6.07, 6.45) is 4.99. The third-order valence-electron chi connectivity index (χ3n) is 8.38. The zero-order valence-electron chi connectivity index (χ0n) is 24.1. The molecule has 2 unspecified atom stereocenters. The number of aliphatic hydroxyl groups is 1. The van der Waals surface area contributed by atoms with Crippen LogP contribution in [0.4, 0.5) is 11.4 Å². The molecule has 3 heterocycles. The van der Waals surface area contributed by atoms with E-state index in [9.17, 15) is 13.5 Å². The molecule has 0 bridgehead atoms. The van der Waals surface area contributed by atoms with E-state index < -0.39 is 10.0 Å². The van der Waals surface area contributed by atoms with Gasteiger partial charge in [0, 0.05) is 42.3 Å². The highest BCUT2D eigenvalue weighted by atomic mass is 32.2. The average Bonchev–Trinajstić information content (AvgIpc) is 3.29. The molecule has 1 aliphatic carbocycles. The van der Waals surface area contributed by atoms with Gasteiger partial charge in [-0.3, -0.25) is 0 Å².